The molecule has 1 amide bonds. The molecule has 2 aromatic heterocycles. The second-order valence-corrected chi connectivity index (χ2v) is 8.47. The van der Waals surface area contributed by atoms with Crippen LogP contribution in [0, 0.1) is 0 Å². The van der Waals surface area contributed by atoms with Gasteiger partial charge < -0.3 is 14.8 Å². The molecule has 0 aliphatic carbocycles. The molecule has 1 N–H and O–H groups in total. The van der Waals surface area contributed by atoms with Gasteiger partial charge in [-0.2, -0.15) is 4.68 Å². The van der Waals surface area contributed by atoms with E-state index < -0.39 is 6.04 Å². The maximum Gasteiger partial charge on any atom is 0.279 e. The molecule has 4 rings (SSSR count). The Balaban J connectivity index is 1.45. The summed E-state index contributed by atoms with van der Waals surface area (Å²) in [5.41, 5.74) is 1.67. The van der Waals surface area contributed by atoms with Gasteiger partial charge in [0.25, 0.3) is 5.56 Å². The normalized spacial score (nSPS) is 11.8. The highest BCUT2D eigenvalue weighted by atomic mass is 32.1. The fraction of sp³-hybridized carbons (Fsp3) is 0.250. The standard InChI is InChI=1S/C24H24N4O4S/c1-15(22(29)25-12-11-16-9-10-19(31-2)20(13-16)32-3)28-24(30)18-14-21(33-23(18)26-27-28)17-7-5-4-6-8-17/h4-10,13-15H,11-12H2,1-3H3,(H,25,29). The molecule has 0 saturated carbocycles. The van der Waals surface area contributed by atoms with E-state index in [0.717, 1.165) is 20.7 Å². The lowest BCUT2D eigenvalue weighted by Gasteiger charge is -2.14. The molecule has 4 aromatic rings. The highest BCUT2D eigenvalue weighted by Gasteiger charge is 2.20. The Labute approximate surface area is 194 Å². The molecule has 0 radical (unpaired) electrons. The van der Waals surface area contributed by atoms with E-state index in [0.29, 0.717) is 34.7 Å². The SMILES string of the molecule is COc1ccc(CCNC(=O)C(C)n2nnc3sc(-c4ccccc4)cc3c2=O)cc1OC. The monoisotopic (exact) mass is 464 g/mol. The van der Waals surface area contributed by atoms with Gasteiger partial charge in [-0.1, -0.05) is 41.6 Å². The Morgan fingerprint density at radius 2 is 1.85 bits per heavy atom. The zero-order valence-electron chi connectivity index (χ0n) is 18.6. The Hall–Kier alpha value is -3.72. The number of methoxy groups -OCH3 is 2. The molecule has 0 spiro atoms. The van der Waals surface area contributed by atoms with E-state index in [-0.39, 0.29) is 11.5 Å². The van der Waals surface area contributed by atoms with Crippen LogP contribution in [-0.4, -0.2) is 41.7 Å². The smallest absolute Gasteiger partial charge is 0.279 e. The Morgan fingerprint density at radius 3 is 2.58 bits per heavy atom. The number of hydrogen-bond donors (Lipinski definition) is 1. The molecule has 0 bridgehead atoms. The second-order valence-electron chi connectivity index (χ2n) is 7.44. The summed E-state index contributed by atoms with van der Waals surface area (Å²) in [6, 6.07) is 16.4. The fourth-order valence-electron chi connectivity index (χ4n) is 3.48. The van der Waals surface area contributed by atoms with Crippen LogP contribution in [0.25, 0.3) is 20.7 Å². The topological polar surface area (TPSA) is 95.3 Å². The summed E-state index contributed by atoms with van der Waals surface area (Å²) >= 11 is 1.40. The van der Waals surface area contributed by atoms with Crippen molar-refractivity contribution >= 4 is 27.5 Å². The average molecular weight is 465 g/mol. The summed E-state index contributed by atoms with van der Waals surface area (Å²) in [4.78, 5) is 27.2. The lowest BCUT2D eigenvalue weighted by atomic mass is 10.1. The maximum atomic E-state index is 13.0. The lowest BCUT2D eigenvalue weighted by molar-refractivity contribution is -0.124. The van der Waals surface area contributed by atoms with Crippen molar-refractivity contribution in [3.63, 3.8) is 0 Å². The zero-order chi connectivity index (χ0) is 23.4. The Bertz CT molecular complexity index is 1330. The third-order valence-corrected chi connectivity index (χ3v) is 6.42. The van der Waals surface area contributed by atoms with Crippen LogP contribution in [0.1, 0.15) is 18.5 Å². The van der Waals surface area contributed by atoms with Crippen molar-refractivity contribution < 1.29 is 14.3 Å². The molecule has 1 unspecified atom stereocenters. The molecule has 2 aromatic carbocycles. The molecule has 9 heteroatoms. The van der Waals surface area contributed by atoms with Crippen molar-refractivity contribution in [2.75, 3.05) is 20.8 Å². The molecular formula is C24H24N4O4S. The summed E-state index contributed by atoms with van der Waals surface area (Å²) in [5, 5.41) is 11.5. The van der Waals surface area contributed by atoms with Gasteiger partial charge in [-0.3, -0.25) is 9.59 Å². The van der Waals surface area contributed by atoms with Crippen LogP contribution in [-0.2, 0) is 11.2 Å². The number of carbonyl (C=O) groups excluding carboxylic acids is 1. The van der Waals surface area contributed by atoms with Gasteiger partial charge in [0.2, 0.25) is 5.91 Å². The van der Waals surface area contributed by atoms with Gasteiger partial charge in [0.1, 0.15) is 6.04 Å². The number of rotatable bonds is 8. The van der Waals surface area contributed by atoms with E-state index in [1.165, 1.54) is 11.3 Å². The highest BCUT2D eigenvalue weighted by molar-refractivity contribution is 7.21. The fourth-order valence-corrected chi connectivity index (χ4v) is 4.46. The van der Waals surface area contributed by atoms with Crippen molar-refractivity contribution in [3.8, 4) is 21.9 Å². The third kappa shape index (κ3) is 4.73. The third-order valence-electron chi connectivity index (χ3n) is 5.35. The van der Waals surface area contributed by atoms with Crippen molar-refractivity contribution in [3.05, 3.63) is 70.5 Å². The van der Waals surface area contributed by atoms with E-state index in [9.17, 15) is 9.59 Å². The molecule has 0 aliphatic rings. The van der Waals surface area contributed by atoms with Gasteiger partial charge in [-0.15, -0.1) is 16.4 Å². The van der Waals surface area contributed by atoms with Crippen LogP contribution in [0.15, 0.2) is 59.4 Å². The van der Waals surface area contributed by atoms with Crippen molar-refractivity contribution in [2.45, 2.75) is 19.4 Å². The zero-order valence-corrected chi connectivity index (χ0v) is 19.4. The van der Waals surface area contributed by atoms with E-state index in [1.807, 2.05) is 54.6 Å². The van der Waals surface area contributed by atoms with E-state index in [4.69, 9.17) is 9.47 Å². The predicted octanol–water partition coefficient (Wildman–Crippen LogP) is 3.46. The predicted molar refractivity (Wildman–Crippen MR) is 128 cm³/mol. The number of thiophene rings is 1. The first-order valence-electron chi connectivity index (χ1n) is 10.4. The molecule has 8 nitrogen and oxygen atoms in total. The lowest BCUT2D eigenvalue weighted by Crippen LogP contribution is -2.38. The van der Waals surface area contributed by atoms with Gasteiger partial charge in [-0.25, -0.2) is 0 Å². The number of ether oxygens (including phenoxy) is 2. The van der Waals surface area contributed by atoms with Crippen molar-refractivity contribution in [2.24, 2.45) is 0 Å². The number of amides is 1. The van der Waals surface area contributed by atoms with Crippen LogP contribution < -0.4 is 20.3 Å². The molecule has 1 atom stereocenters. The van der Waals surface area contributed by atoms with Crippen molar-refractivity contribution in [1.82, 2.24) is 20.3 Å². The van der Waals surface area contributed by atoms with E-state index >= 15 is 0 Å². The van der Waals surface area contributed by atoms with Gasteiger partial charge >= 0.3 is 0 Å². The number of carbonyl (C=O) groups is 1. The van der Waals surface area contributed by atoms with Gasteiger partial charge in [0.05, 0.1) is 19.6 Å². The summed E-state index contributed by atoms with van der Waals surface area (Å²) in [7, 11) is 3.16. The number of nitrogens with zero attached hydrogens (tertiary/aromatic N) is 3. The van der Waals surface area contributed by atoms with Crippen molar-refractivity contribution in [1.29, 1.82) is 0 Å². The second kappa shape index (κ2) is 9.83. The minimum absolute atomic E-state index is 0.301. The highest BCUT2D eigenvalue weighted by Crippen LogP contribution is 2.30. The minimum Gasteiger partial charge on any atom is -0.493 e. The first-order chi connectivity index (χ1) is 16.0. The molecule has 170 valence electrons. The number of fused-ring (bicyclic) bond motifs is 1. The minimum atomic E-state index is -0.792. The molecule has 0 saturated heterocycles. The summed E-state index contributed by atoms with van der Waals surface area (Å²) < 4.78 is 11.7. The number of benzene rings is 2. The largest absolute Gasteiger partial charge is 0.493 e. The van der Waals surface area contributed by atoms with Gasteiger partial charge in [0.15, 0.2) is 16.3 Å². The number of hydrogen-bond acceptors (Lipinski definition) is 7. The van der Waals surface area contributed by atoms with Crippen LogP contribution in [0.4, 0.5) is 0 Å². The quantitative estimate of drug-likeness (QED) is 0.429. The van der Waals surface area contributed by atoms with Gasteiger partial charge in [-0.05, 0) is 42.7 Å². The van der Waals surface area contributed by atoms with E-state index in [1.54, 1.807) is 21.1 Å². The van der Waals surface area contributed by atoms with Crippen LogP contribution in [0.2, 0.25) is 0 Å². The van der Waals surface area contributed by atoms with Crippen LogP contribution in [0.5, 0.6) is 11.5 Å². The average Bonchev–Trinajstić information content (AvgIpc) is 3.29. The molecule has 33 heavy (non-hydrogen) atoms. The maximum absolute atomic E-state index is 13.0. The molecular weight excluding hydrogens is 440 g/mol. The molecule has 2 heterocycles. The summed E-state index contributed by atoms with van der Waals surface area (Å²) in [6.07, 6.45) is 0.601. The molecule has 0 aliphatic heterocycles. The van der Waals surface area contributed by atoms with Crippen LogP contribution in [0.3, 0.4) is 0 Å². The number of nitrogens with one attached hydrogen (secondary N) is 1. The van der Waals surface area contributed by atoms with Crippen LogP contribution >= 0.6 is 11.3 Å². The summed E-state index contributed by atoms with van der Waals surface area (Å²) in [6.45, 7) is 2.04. The Morgan fingerprint density at radius 1 is 1.09 bits per heavy atom. The van der Waals surface area contributed by atoms with Gasteiger partial charge in [0, 0.05) is 11.4 Å². The number of aromatic nitrogens is 3. The van der Waals surface area contributed by atoms with E-state index in [2.05, 4.69) is 15.6 Å². The first-order valence-corrected chi connectivity index (χ1v) is 11.3. The summed E-state index contributed by atoms with van der Waals surface area (Å²) in [5.74, 6) is 0.983. The molecule has 0 fully saturated rings. The first kappa shape index (κ1) is 22.5. The Kier molecular flexibility index (Phi) is 6.69.